The lowest BCUT2D eigenvalue weighted by Crippen LogP contribution is -2.37. The SMILES string of the molecule is COc1ccc(CN(C)CC(=O)N(C)c2ccccc2C(=O)NCc2ccco2)cc1. The molecule has 3 aromatic rings. The molecule has 2 aromatic carbocycles. The molecule has 1 heterocycles. The Morgan fingerprint density at radius 2 is 1.74 bits per heavy atom. The van der Waals surface area contributed by atoms with Gasteiger partial charge in [0.25, 0.3) is 5.91 Å². The van der Waals surface area contributed by atoms with Crippen molar-refractivity contribution in [2.24, 2.45) is 0 Å². The Balaban J connectivity index is 1.62. The van der Waals surface area contributed by atoms with Crippen molar-refractivity contribution < 1.29 is 18.7 Å². The molecule has 162 valence electrons. The van der Waals surface area contributed by atoms with Crippen LogP contribution in [-0.2, 0) is 17.9 Å². The van der Waals surface area contributed by atoms with Crippen molar-refractivity contribution >= 4 is 17.5 Å². The van der Waals surface area contributed by atoms with Crippen LogP contribution in [0.3, 0.4) is 0 Å². The topological polar surface area (TPSA) is 75.0 Å². The van der Waals surface area contributed by atoms with Gasteiger partial charge in [-0.25, -0.2) is 0 Å². The van der Waals surface area contributed by atoms with Crippen molar-refractivity contribution in [3.05, 3.63) is 83.8 Å². The van der Waals surface area contributed by atoms with Crippen LogP contribution in [0.2, 0.25) is 0 Å². The molecule has 0 spiro atoms. The Hall–Kier alpha value is -3.58. The highest BCUT2D eigenvalue weighted by atomic mass is 16.5. The number of likely N-dealkylation sites (N-methyl/N-ethyl adjacent to an activating group) is 2. The molecule has 0 aliphatic rings. The van der Waals surface area contributed by atoms with E-state index in [4.69, 9.17) is 9.15 Å². The maximum Gasteiger partial charge on any atom is 0.253 e. The second-order valence-corrected chi connectivity index (χ2v) is 7.25. The first kappa shape index (κ1) is 22.1. The third-order valence-corrected chi connectivity index (χ3v) is 4.90. The van der Waals surface area contributed by atoms with Gasteiger partial charge in [-0.15, -0.1) is 0 Å². The van der Waals surface area contributed by atoms with Gasteiger partial charge in [0.15, 0.2) is 0 Å². The first-order valence-electron chi connectivity index (χ1n) is 9.95. The van der Waals surface area contributed by atoms with Crippen molar-refractivity contribution in [3.8, 4) is 5.75 Å². The van der Waals surface area contributed by atoms with Gasteiger partial charge in [0.05, 0.1) is 37.7 Å². The molecule has 0 bridgehead atoms. The molecule has 7 nitrogen and oxygen atoms in total. The molecule has 0 saturated heterocycles. The molecule has 0 unspecified atom stereocenters. The highest BCUT2D eigenvalue weighted by molar-refractivity contribution is 6.04. The van der Waals surface area contributed by atoms with E-state index in [0.717, 1.165) is 11.3 Å². The number of hydrogen-bond acceptors (Lipinski definition) is 5. The van der Waals surface area contributed by atoms with E-state index in [0.29, 0.717) is 23.6 Å². The van der Waals surface area contributed by atoms with Gasteiger partial charge < -0.3 is 19.4 Å². The summed E-state index contributed by atoms with van der Waals surface area (Å²) in [6.45, 7) is 1.11. The van der Waals surface area contributed by atoms with Crippen LogP contribution in [0.5, 0.6) is 5.75 Å². The van der Waals surface area contributed by atoms with Crippen molar-refractivity contribution in [2.75, 3.05) is 32.6 Å². The van der Waals surface area contributed by atoms with Gasteiger partial charge in [0, 0.05) is 13.6 Å². The van der Waals surface area contributed by atoms with Crippen LogP contribution >= 0.6 is 0 Å². The number of carbonyl (C=O) groups excluding carboxylic acids is 2. The molecule has 3 rings (SSSR count). The highest BCUT2D eigenvalue weighted by Gasteiger charge is 2.19. The second-order valence-electron chi connectivity index (χ2n) is 7.25. The molecule has 0 aliphatic heterocycles. The highest BCUT2D eigenvalue weighted by Crippen LogP contribution is 2.20. The smallest absolute Gasteiger partial charge is 0.253 e. The number of hydrogen-bond donors (Lipinski definition) is 1. The summed E-state index contributed by atoms with van der Waals surface area (Å²) < 4.78 is 10.4. The van der Waals surface area contributed by atoms with Crippen LogP contribution in [0.4, 0.5) is 5.69 Å². The van der Waals surface area contributed by atoms with E-state index in [1.54, 1.807) is 50.8 Å². The van der Waals surface area contributed by atoms with Crippen molar-refractivity contribution in [3.63, 3.8) is 0 Å². The van der Waals surface area contributed by atoms with Gasteiger partial charge in [-0.05, 0) is 49.0 Å². The first-order chi connectivity index (χ1) is 15.0. The molecule has 0 radical (unpaired) electrons. The summed E-state index contributed by atoms with van der Waals surface area (Å²) in [6, 6.07) is 18.4. The zero-order valence-electron chi connectivity index (χ0n) is 18.0. The molecule has 31 heavy (non-hydrogen) atoms. The number of nitrogens with one attached hydrogen (secondary N) is 1. The van der Waals surface area contributed by atoms with Crippen LogP contribution in [0.25, 0.3) is 0 Å². The Bertz CT molecular complexity index is 1000. The summed E-state index contributed by atoms with van der Waals surface area (Å²) >= 11 is 0. The summed E-state index contributed by atoms with van der Waals surface area (Å²) in [4.78, 5) is 29.0. The molecule has 0 fully saturated rings. The van der Waals surface area contributed by atoms with E-state index in [1.165, 1.54) is 4.90 Å². The minimum atomic E-state index is -0.266. The van der Waals surface area contributed by atoms with Gasteiger partial charge in [-0.2, -0.15) is 0 Å². The van der Waals surface area contributed by atoms with E-state index in [2.05, 4.69) is 5.32 Å². The maximum absolute atomic E-state index is 12.9. The summed E-state index contributed by atoms with van der Waals surface area (Å²) in [5.74, 6) is 1.08. The van der Waals surface area contributed by atoms with E-state index in [1.807, 2.05) is 42.3 Å². The van der Waals surface area contributed by atoms with Crippen LogP contribution in [0, 0.1) is 0 Å². The maximum atomic E-state index is 12.9. The fourth-order valence-corrected chi connectivity index (χ4v) is 3.20. The Morgan fingerprint density at radius 1 is 1.00 bits per heavy atom. The summed E-state index contributed by atoms with van der Waals surface area (Å²) in [6.07, 6.45) is 1.56. The number of ether oxygens (including phenoxy) is 1. The normalized spacial score (nSPS) is 10.7. The summed E-state index contributed by atoms with van der Waals surface area (Å²) in [5.41, 5.74) is 2.07. The minimum Gasteiger partial charge on any atom is -0.497 e. The monoisotopic (exact) mass is 421 g/mol. The lowest BCUT2D eigenvalue weighted by atomic mass is 10.1. The third-order valence-electron chi connectivity index (χ3n) is 4.90. The van der Waals surface area contributed by atoms with Gasteiger partial charge in [0.1, 0.15) is 11.5 Å². The predicted molar refractivity (Wildman–Crippen MR) is 119 cm³/mol. The third kappa shape index (κ3) is 5.96. The lowest BCUT2D eigenvalue weighted by molar-refractivity contribution is -0.119. The largest absolute Gasteiger partial charge is 0.497 e. The second kappa shape index (κ2) is 10.4. The standard InChI is InChI=1S/C24H27N3O4/c1-26(16-18-10-12-19(30-3)13-11-18)17-23(28)27(2)22-9-5-4-8-21(22)24(29)25-15-20-7-6-14-31-20/h4-14H,15-17H2,1-3H3,(H,25,29). The quantitative estimate of drug-likeness (QED) is 0.574. The van der Waals surface area contributed by atoms with Crippen LogP contribution in [0.1, 0.15) is 21.7 Å². The number of furan rings is 1. The lowest BCUT2D eigenvalue weighted by Gasteiger charge is -2.24. The van der Waals surface area contributed by atoms with Crippen LogP contribution in [-0.4, -0.2) is 44.5 Å². The van der Waals surface area contributed by atoms with Gasteiger partial charge in [-0.3, -0.25) is 14.5 Å². The zero-order valence-corrected chi connectivity index (χ0v) is 18.0. The van der Waals surface area contributed by atoms with Crippen molar-refractivity contribution in [1.29, 1.82) is 0 Å². The van der Waals surface area contributed by atoms with Gasteiger partial charge >= 0.3 is 0 Å². The Morgan fingerprint density at radius 3 is 2.42 bits per heavy atom. The van der Waals surface area contributed by atoms with E-state index in [9.17, 15) is 9.59 Å². The predicted octanol–water partition coefficient (Wildman–Crippen LogP) is 3.31. The molecule has 0 atom stereocenters. The zero-order chi connectivity index (χ0) is 22.2. The van der Waals surface area contributed by atoms with Gasteiger partial charge in [0.2, 0.25) is 5.91 Å². The number of methoxy groups -OCH3 is 1. The number of rotatable bonds is 9. The van der Waals surface area contributed by atoms with Crippen molar-refractivity contribution in [2.45, 2.75) is 13.1 Å². The first-order valence-corrected chi connectivity index (χ1v) is 9.95. The van der Waals surface area contributed by atoms with Crippen LogP contribution < -0.4 is 15.0 Å². The molecule has 2 amide bonds. The molecule has 1 N–H and O–H groups in total. The number of nitrogens with zero attached hydrogens (tertiary/aromatic N) is 2. The molecule has 7 heteroatoms. The summed E-state index contributed by atoms with van der Waals surface area (Å²) in [5, 5.41) is 2.83. The molecular weight excluding hydrogens is 394 g/mol. The average Bonchev–Trinajstić information content (AvgIpc) is 3.31. The minimum absolute atomic E-state index is 0.109. The average molecular weight is 421 g/mol. The van der Waals surface area contributed by atoms with E-state index in [-0.39, 0.29) is 24.9 Å². The molecule has 1 aromatic heterocycles. The van der Waals surface area contributed by atoms with E-state index < -0.39 is 0 Å². The fourth-order valence-electron chi connectivity index (χ4n) is 3.20. The van der Waals surface area contributed by atoms with Crippen LogP contribution in [0.15, 0.2) is 71.3 Å². The number of anilines is 1. The number of carbonyl (C=O) groups is 2. The summed E-state index contributed by atoms with van der Waals surface area (Å²) in [7, 11) is 5.20. The molecule has 0 saturated carbocycles. The Kier molecular flexibility index (Phi) is 7.45. The van der Waals surface area contributed by atoms with E-state index >= 15 is 0 Å². The Labute approximate surface area is 182 Å². The number of para-hydroxylation sites is 1. The number of amides is 2. The fraction of sp³-hybridized carbons (Fsp3) is 0.250. The molecular formula is C24H27N3O4. The number of benzene rings is 2. The van der Waals surface area contributed by atoms with Crippen molar-refractivity contribution in [1.82, 2.24) is 10.2 Å². The van der Waals surface area contributed by atoms with Gasteiger partial charge in [-0.1, -0.05) is 24.3 Å². The molecule has 0 aliphatic carbocycles.